The summed E-state index contributed by atoms with van der Waals surface area (Å²) in [5.74, 6) is -0.0955. The molecule has 0 bridgehead atoms. The van der Waals surface area contributed by atoms with Crippen LogP contribution in [-0.4, -0.2) is 17.9 Å². The maximum absolute atomic E-state index is 11.3. The first-order valence-corrected chi connectivity index (χ1v) is 4.83. The fourth-order valence-corrected chi connectivity index (χ4v) is 1.90. The lowest BCUT2D eigenvalue weighted by Gasteiger charge is -1.96. The predicted molar refractivity (Wildman–Crippen MR) is 52.8 cm³/mol. The molecule has 1 amide bonds. The molecule has 13 heavy (non-hydrogen) atoms. The van der Waals surface area contributed by atoms with Crippen LogP contribution in [0.1, 0.15) is 33.3 Å². The van der Waals surface area contributed by atoms with Crippen LogP contribution in [-0.2, 0) is 0 Å². The second kappa shape index (κ2) is 3.85. The van der Waals surface area contributed by atoms with Gasteiger partial charge in [-0.15, -0.1) is 11.3 Å². The molecule has 3 N–H and O–H groups in total. The summed E-state index contributed by atoms with van der Waals surface area (Å²) < 4.78 is 0. The summed E-state index contributed by atoms with van der Waals surface area (Å²) in [4.78, 5) is 16.1. The number of hydrogen-bond donors (Lipinski definition) is 2. The maximum Gasteiger partial charge on any atom is 0.263 e. The molecule has 0 aliphatic heterocycles. The van der Waals surface area contributed by atoms with Crippen LogP contribution in [0.5, 0.6) is 0 Å². The smallest absolute Gasteiger partial charge is 0.263 e. The molecule has 0 saturated heterocycles. The van der Waals surface area contributed by atoms with Crippen LogP contribution in [0.4, 0.5) is 0 Å². The first-order valence-electron chi connectivity index (χ1n) is 4.01. The van der Waals surface area contributed by atoms with Crippen molar-refractivity contribution in [2.75, 3.05) is 7.05 Å². The van der Waals surface area contributed by atoms with Crippen molar-refractivity contribution < 1.29 is 4.79 Å². The summed E-state index contributed by atoms with van der Waals surface area (Å²) in [5, 5.41) is 3.37. The molecule has 0 radical (unpaired) electrons. The molecule has 1 aromatic rings. The molecule has 1 heterocycles. The molecule has 0 saturated carbocycles. The minimum atomic E-state index is -0.109. The number of thiazole rings is 1. The molecule has 72 valence electrons. The van der Waals surface area contributed by atoms with Gasteiger partial charge in [0.2, 0.25) is 0 Å². The molecule has 0 fully saturated rings. The summed E-state index contributed by atoms with van der Waals surface area (Å²) in [5.41, 5.74) is 6.40. The van der Waals surface area contributed by atoms with Gasteiger partial charge in [-0.05, 0) is 13.8 Å². The quantitative estimate of drug-likeness (QED) is 0.741. The number of carbonyl (C=O) groups is 1. The number of nitrogens with one attached hydrogen (secondary N) is 1. The third-order valence-corrected chi connectivity index (χ3v) is 2.99. The highest BCUT2D eigenvalue weighted by atomic mass is 32.1. The highest BCUT2D eigenvalue weighted by Crippen LogP contribution is 2.21. The normalized spacial score (nSPS) is 12.6. The monoisotopic (exact) mass is 199 g/mol. The molecular weight excluding hydrogens is 186 g/mol. The Labute approximate surface area is 81.2 Å². The number of amides is 1. The van der Waals surface area contributed by atoms with Crippen LogP contribution in [0.3, 0.4) is 0 Å². The second-order valence-electron chi connectivity index (χ2n) is 2.83. The van der Waals surface area contributed by atoms with Gasteiger partial charge in [-0.3, -0.25) is 4.79 Å². The van der Waals surface area contributed by atoms with Gasteiger partial charge in [0.1, 0.15) is 9.88 Å². The molecule has 1 atom stereocenters. The summed E-state index contributed by atoms with van der Waals surface area (Å²) in [6.07, 6.45) is 0. The van der Waals surface area contributed by atoms with Crippen LogP contribution < -0.4 is 11.1 Å². The molecule has 1 aromatic heterocycles. The standard InChI is InChI=1S/C8H13N3OS/c1-4(9)8-11-5(2)6(13-8)7(12)10-3/h4H,9H2,1-3H3,(H,10,12). The molecule has 1 unspecified atom stereocenters. The second-order valence-corrected chi connectivity index (χ2v) is 3.87. The van der Waals surface area contributed by atoms with Crippen LogP contribution in [0.25, 0.3) is 0 Å². The number of rotatable bonds is 2. The zero-order valence-electron chi connectivity index (χ0n) is 7.92. The highest BCUT2D eigenvalue weighted by molar-refractivity contribution is 7.13. The Morgan fingerprint density at radius 1 is 1.69 bits per heavy atom. The van der Waals surface area contributed by atoms with Gasteiger partial charge in [-0.1, -0.05) is 0 Å². The van der Waals surface area contributed by atoms with Crippen molar-refractivity contribution in [3.05, 3.63) is 15.6 Å². The molecule has 5 heteroatoms. The number of nitrogens with zero attached hydrogens (tertiary/aromatic N) is 1. The zero-order chi connectivity index (χ0) is 10.0. The van der Waals surface area contributed by atoms with Gasteiger partial charge in [0.15, 0.2) is 0 Å². The molecule has 0 aromatic carbocycles. The number of aromatic nitrogens is 1. The molecule has 4 nitrogen and oxygen atoms in total. The largest absolute Gasteiger partial charge is 0.354 e. The van der Waals surface area contributed by atoms with Gasteiger partial charge in [0.05, 0.1) is 11.7 Å². The summed E-state index contributed by atoms with van der Waals surface area (Å²) in [6, 6.07) is -0.109. The summed E-state index contributed by atoms with van der Waals surface area (Å²) in [7, 11) is 1.60. The Balaban J connectivity index is 3.03. The summed E-state index contributed by atoms with van der Waals surface area (Å²) >= 11 is 1.35. The van der Waals surface area contributed by atoms with Crippen molar-refractivity contribution in [2.24, 2.45) is 5.73 Å². The van der Waals surface area contributed by atoms with Gasteiger partial charge in [0, 0.05) is 7.05 Å². The van der Waals surface area contributed by atoms with E-state index in [0.29, 0.717) is 4.88 Å². The predicted octanol–water partition coefficient (Wildman–Crippen LogP) is 0.831. The van der Waals surface area contributed by atoms with Gasteiger partial charge < -0.3 is 11.1 Å². The van der Waals surface area contributed by atoms with E-state index in [9.17, 15) is 4.79 Å². The fourth-order valence-electron chi connectivity index (χ4n) is 0.936. The molecule has 1 rings (SSSR count). The molecule has 0 spiro atoms. The number of carbonyl (C=O) groups excluding carboxylic acids is 1. The summed E-state index contributed by atoms with van der Waals surface area (Å²) in [6.45, 7) is 3.67. The van der Waals surface area contributed by atoms with Crippen LogP contribution in [0, 0.1) is 6.92 Å². The van der Waals surface area contributed by atoms with Crippen LogP contribution in [0.15, 0.2) is 0 Å². The first kappa shape index (κ1) is 10.1. The highest BCUT2D eigenvalue weighted by Gasteiger charge is 2.15. The molecule has 0 aliphatic carbocycles. The number of nitrogens with two attached hydrogens (primary N) is 1. The van der Waals surface area contributed by atoms with Crippen molar-refractivity contribution >= 4 is 17.2 Å². The van der Waals surface area contributed by atoms with Crippen molar-refractivity contribution in [3.8, 4) is 0 Å². The van der Waals surface area contributed by atoms with Crippen molar-refractivity contribution in [1.82, 2.24) is 10.3 Å². The lowest BCUT2D eigenvalue weighted by atomic mass is 10.3. The Bertz CT molecular complexity index is 319. The average Bonchev–Trinajstić information content (AvgIpc) is 2.46. The van der Waals surface area contributed by atoms with E-state index in [0.717, 1.165) is 10.7 Å². The topological polar surface area (TPSA) is 68.0 Å². The zero-order valence-corrected chi connectivity index (χ0v) is 8.73. The van der Waals surface area contributed by atoms with E-state index in [4.69, 9.17) is 5.73 Å². The van der Waals surface area contributed by atoms with Crippen molar-refractivity contribution in [2.45, 2.75) is 19.9 Å². The van der Waals surface area contributed by atoms with E-state index in [1.165, 1.54) is 11.3 Å². The molecular formula is C8H13N3OS. The van der Waals surface area contributed by atoms with Gasteiger partial charge in [0.25, 0.3) is 5.91 Å². The van der Waals surface area contributed by atoms with E-state index in [2.05, 4.69) is 10.3 Å². The third kappa shape index (κ3) is 2.05. The van der Waals surface area contributed by atoms with Gasteiger partial charge in [-0.25, -0.2) is 4.98 Å². The van der Waals surface area contributed by atoms with E-state index in [-0.39, 0.29) is 11.9 Å². The first-order chi connectivity index (χ1) is 6.06. The molecule has 0 aliphatic rings. The van der Waals surface area contributed by atoms with Crippen molar-refractivity contribution in [3.63, 3.8) is 0 Å². The SMILES string of the molecule is CNC(=O)c1sc(C(C)N)nc1C. The van der Waals surface area contributed by atoms with E-state index in [1.54, 1.807) is 7.05 Å². The van der Waals surface area contributed by atoms with E-state index >= 15 is 0 Å². The Morgan fingerprint density at radius 3 is 2.69 bits per heavy atom. The lowest BCUT2D eigenvalue weighted by molar-refractivity contribution is 0.0966. The lowest BCUT2D eigenvalue weighted by Crippen LogP contribution is -2.17. The van der Waals surface area contributed by atoms with E-state index in [1.807, 2.05) is 13.8 Å². The number of aryl methyl sites for hydroxylation is 1. The Morgan fingerprint density at radius 2 is 2.31 bits per heavy atom. The minimum absolute atomic E-state index is 0.0955. The van der Waals surface area contributed by atoms with Crippen LogP contribution >= 0.6 is 11.3 Å². The van der Waals surface area contributed by atoms with Crippen LogP contribution in [0.2, 0.25) is 0 Å². The van der Waals surface area contributed by atoms with Gasteiger partial charge in [-0.2, -0.15) is 0 Å². The third-order valence-electron chi connectivity index (χ3n) is 1.64. The van der Waals surface area contributed by atoms with E-state index < -0.39 is 0 Å². The number of hydrogen-bond acceptors (Lipinski definition) is 4. The van der Waals surface area contributed by atoms with Gasteiger partial charge >= 0.3 is 0 Å². The fraction of sp³-hybridized carbons (Fsp3) is 0.500. The Kier molecular flexibility index (Phi) is 3.00. The maximum atomic E-state index is 11.3. The Hall–Kier alpha value is -0.940. The average molecular weight is 199 g/mol. The minimum Gasteiger partial charge on any atom is -0.354 e. The van der Waals surface area contributed by atoms with Crippen molar-refractivity contribution in [1.29, 1.82) is 0 Å².